The number of cyclic esters (lactones) is 1. The summed E-state index contributed by atoms with van der Waals surface area (Å²) in [6.07, 6.45) is -0.390. The van der Waals surface area contributed by atoms with Crippen LogP contribution in [0.3, 0.4) is 0 Å². The lowest BCUT2D eigenvalue weighted by Crippen LogP contribution is -2.39. The zero-order valence-corrected chi connectivity index (χ0v) is 9.10. The zero-order valence-electron chi connectivity index (χ0n) is 9.10. The van der Waals surface area contributed by atoms with Gasteiger partial charge in [-0.15, -0.1) is 0 Å². The quantitative estimate of drug-likeness (QED) is 0.595. The lowest BCUT2D eigenvalue weighted by Gasteiger charge is -2.23. The zero-order chi connectivity index (χ0) is 10.8. The normalized spacial score (nSPS) is 46.6. The van der Waals surface area contributed by atoms with Crippen molar-refractivity contribution in [2.45, 2.75) is 50.9 Å². The minimum atomic E-state index is -0.535. The molecule has 0 spiro atoms. The van der Waals surface area contributed by atoms with Crippen molar-refractivity contribution in [2.24, 2.45) is 0 Å². The van der Waals surface area contributed by atoms with Crippen molar-refractivity contribution in [3.05, 3.63) is 0 Å². The molecule has 15 heavy (non-hydrogen) atoms. The monoisotopic (exact) mass is 213 g/mol. The van der Waals surface area contributed by atoms with Gasteiger partial charge in [0.25, 0.3) is 0 Å². The van der Waals surface area contributed by atoms with Crippen molar-refractivity contribution in [3.63, 3.8) is 0 Å². The molecule has 4 atom stereocenters. The fraction of sp³-hybridized carbons (Fsp3) is 0.900. The summed E-state index contributed by atoms with van der Waals surface area (Å²) >= 11 is 0. The molecule has 3 aliphatic heterocycles. The summed E-state index contributed by atoms with van der Waals surface area (Å²) in [5, 5.41) is 0. The van der Waals surface area contributed by atoms with E-state index in [0.29, 0.717) is 6.54 Å². The second-order valence-electron chi connectivity index (χ2n) is 4.87. The highest BCUT2D eigenvalue weighted by molar-refractivity contribution is 5.71. The maximum atomic E-state index is 11.5. The van der Waals surface area contributed by atoms with Crippen LogP contribution >= 0.6 is 0 Å². The van der Waals surface area contributed by atoms with Crippen LogP contribution in [0.15, 0.2) is 0 Å². The molecule has 0 aliphatic carbocycles. The van der Waals surface area contributed by atoms with Crippen molar-refractivity contribution < 1.29 is 19.0 Å². The fourth-order valence-corrected chi connectivity index (χ4v) is 2.80. The van der Waals surface area contributed by atoms with Crippen LogP contribution in [-0.4, -0.2) is 47.7 Å². The Labute approximate surface area is 88.3 Å². The van der Waals surface area contributed by atoms with Gasteiger partial charge in [-0.25, -0.2) is 4.79 Å². The van der Waals surface area contributed by atoms with Crippen molar-refractivity contribution in [3.8, 4) is 0 Å². The van der Waals surface area contributed by atoms with Gasteiger partial charge in [0.2, 0.25) is 0 Å². The van der Waals surface area contributed by atoms with Crippen molar-refractivity contribution in [2.75, 3.05) is 6.54 Å². The minimum absolute atomic E-state index is 0.000278. The van der Waals surface area contributed by atoms with Crippen molar-refractivity contribution in [1.82, 2.24) is 4.90 Å². The Balaban J connectivity index is 1.87. The number of carbonyl (C=O) groups is 1. The molecule has 3 fully saturated rings. The topological polar surface area (TPSA) is 48.0 Å². The molecular weight excluding hydrogens is 198 g/mol. The van der Waals surface area contributed by atoms with Gasteiger partial charge in [-0.2, -0.15) is 0 Å². The Hall–Kier alpha value is -0.810. The molecular formula is C10H15NO4. The van der Waals surface area contributed by atoms with E-state index in [2.05, 4.69) is 0 Å². The molecule has 0 saturated carbocycles. The lowest BCUT2D eigenvalue weighted by molar-refractivity contribution is -0.158. The van der Waals surface area contributed by atoms with Gasteiger partial charge >= 0.3 is 6.09 Å². The Morgan fingerprint density at radius 2 is 2.13 bits per heavy atom. The molecule has 1 amide bonds. The number of hydrogen-bond donors (Lipinski definition) is 0. The third-order valence-electron chi connectivity index (χ3n) is 3.30. The minimum Gasteiger partial charge on any atom is -0.444 e. The molecule has 3 rings (SSSR count). The van der Waals surface area contributed by atoms with Crippen molar-refractivity contribution >= 4 is 6.09 Å². The maximum Gasteiger partial charge on any atom is 0.410 e. The molecule has 3 aliphatic rings. The van der Waals surface area contributed by atoms with E-state index in [-0.39, 0.29) is 30.4 Å². The molecule has 5 heteroatoms. The molecule has 84 valence electrons. The standard InChI is InChI=1S/C10H15NO4/c1-5-7-8-6(14-10(2,3)15-8)4-11(7)9(12)13-5/h5-8H,4H2,1-3H3/t5-,6-,7-,8-/m1/s1. The SMILES string of the molecule is C[C@H]1OC(=O)N2C[C@H]3OC(C)(C)O[C@H]3[C@@H]12. The van der Waals surface area contributed by atoms with E-state index in [0.717, 1.165) is 0 Å². The fourth-order valence-electron chi connectivity index (χ4n) is 2.80. The summed E-state index contributed by atoms with van der Waals surface area (Å²) in [5.74, 6) is -0.535. The first-order chi connectivity index (χ1) is 6.98. The first-order valence-corrected chi connectivity index (χ1v) is 5.31. The van der Waals surface area contributed by atoms with E-state index < -0.39 is 5.79 Å². The highest BCUT2D eigenvalue weighted by Gasteiger charge is 2.59. The third-order valence-corrected chi connectivity index (χ3v) is 3.30. The van der Waals surface area contributed by atoms with Crippen LogP contribution in [0.4, 0.5) is 4.79 Å². The number of hydrogen-bond acceptors (Lipinski definition) is 4. The molecule has 0 unspecified atom stereocenters. The van der Waals surface area contributed by atoms with Gasteiger partial charge in [-0.1, -0.05) is 0 Å². The maximum absolute atomic E-state index is 11.5. The van der Waals surface area contributed by atoms with Gasteiger partial charge < -0.3 is 14.2 Å². The first kappa shape index (κ1) is 9.42. The van der Waals surface area contributed by atoms with Crippen LogP contribution in [0.25, 0.3) is 0 Å². The van der Waals surface area contributed by atoms with E-state index in [1.54, 1.807) is 4.90 Å². The summed E-state index contributed by atoms with van der Waals surface area (Å²) < 4.78 is 16.7. The van der Waals surface area contributed by atoms with Crippen LogP contribution in [-0.2, 0) is 14.2 Å². The van der Waals surface area contributed by atoms with Gasteiger partial charge in [0.05, 0.1) is 6.54 Å². The molecule has 0 bridgehead atoms. The third kappa shape index (κ3) is 1.19. The summed E-state index contributed by atoms with van der Waals surface area (Å²) in [7, 11) is 0. The number of nitrogens with zero attached hydrogens (tertiary/aromatic N) is 1. The van der Waals surface area contributed by atoms with E-state index in [1.165, 1.54) is 0 Å². The summed E-state index contributed by atoms with van der Waals surface area (Å²) in [6, 6.07) is 0.0178. The number of ether oxygens (including phenoxy) is 3. The molecule has 0 aromatic heterocycles. The lowest BCUT2D eigenvalue weighted by atomic mass is 10.1. The number of rotatable bonds is 0. The summed E-state index contributed by atoms with van der Waals surface area (Å²) in [6.45, 7) is 6.29. The molecule has 0 radical (unpaired) electrons. The van der Waals surface area contributed by atoms with Gasteiger partial charge in [-0.3, -0.25) is 4.90 Å². The average molecular weight is 213 g/mol. The molecule has 5 nitrogen and oxygen atoms in total. The van der Waals surface area contributed by atoms with Gasteiger partial charge in [0.1, 0.15) is 24.4 Å². The van der Waals surface area contributed by atoms with Crippen LogP contribution < -0.4 is 0 Å². The second-order valence-corrected chi connectivity index (χ2v) is 4.87. The number of amides is 1. The Kier molecular flexibility index (Phi) is 1.66. The van der Waals surface area contributed by atoms with Crippen molar-refractivity contribution in [1.29, 1.82) is 0 Å². The predicted molar refractivity (Wildman–Crippen MR) is 50.3 cm³/mol. The molecule has 3 saturated heterocycles. The molecule has 3 heterocycles. The summed E-state index contributed by atoms with van der Waals surface area (Å²) in [5.41, 5.74) is 0. The van der Waals surface area contributed by atoms with Gasteiger partial charge in [0, 0.05) is 0 Å². The van der Waals surface area contributed by atoms with Crippen LogP contribution in [0.1, 0.15) is 20.8 Å². The highest BCUT2D eigenvalue weighted by Crippen LogP contribution is 2.40. The second kappa shape index (κ2) is 2.65. The van der Waals surface area contributed by atoms with Gasteiger partial charge in [-0.05, 0) is 20.8 Å². The smallest absolute Gasteiger partial charge is 0.410 e. The highest BCUT2D eigenvalue weighted by atomic mass is 16.8. The van der Waals surface area contributed by atoms with E-state index in [4.69, 9.17) is 14.2 Å². The number of fused-ring (bicyclic) bond motifs is 3. The largest absolute Gasteiger partial charge is 0.444 e. The van der Waals surface area contributed by atoms with E-state index >= 15 is 0 Å². The van der Waals surface area contributed by atoms with E-state index in [9.17, 15) is 4.79 Å². The molecule has 0 aromatic carbocycles. The number of carbonyl (C=O) groups excluding carboxylic acids is 1. The Bertz CT molecular complexity index is 317. The van der Waals surface area contributed by atoms with Gasteiger partial charge in [0.15, 0.2) is 5.79 Å². The van der Waals surface area contributed by atoms with Crippen LogP contribution in [0, 0.1) is 0 Å². The van der Waals surface area contributed by atoms with Crippen LogP contribution in [0.2, 0.25) is 0 Å². The van der Waals surface area contributed by atoms with E-state index in [1.807, 2.05) is 20.8 Å². The Morgan fingerprint density at radius 3 is 2.87 bits per heavy atom. The first-order valence-electron chi connectivity index (χ1n) is 5.31. The Morgan fingerprint density at radius 1 is 1.40 bits per heavy atom. The summed E-state index contributed by atoms with van der Waals surface area (Å²) in [4.78, 5) is 13.2. The molecule has 0 aromatic rings. The predicted octanol–water partition coefficient (Wildman–Crippen LogP) is 0.729. The molecule has 0 N–H and O–H groups in total. The average Bonchev–Trinajstić information content (AvgIpc) is 2.62. The van der Waals surface area contributed by atoms with Crippen LogP contribution in [0.5, 0.6) is 0 Å².